The van der Waals surface area contributed by atoms with Gasteiger partial charge >= 0.3 is 6.03 Å². The van der Waals surface area contributed by atoms with E-state index in [4.69, 9.17) is 9.47 Å². The number of halogens is 2. The van der Waals surface area contributed by atoms with E-state index in [-0.39, 0.29) is 12.1 Å². The van der Waals surface area contributed by atoms with Crippen molar-refractivity contribution in [2.75, 3.05) is 26.8 Å². The molecule has 0 radical (unpaired) electrons. The highest BCUT2D eigenvalue weighted by molar-refractivity contribution is 6.09. The van der Waals surface area contributed by atoms with E-state index in [0.29, 0.717) is 29.6 Å². The van der Waals surface area contributed by atoms with Gasteiger partial charge in [-0.2, -0.15) is 0 Å². The van der Waals surface area contributed by atoms with Gasteiger partial charge in [0.05, 0.1) is 0 Å². The lowest BCUT2D eigenvalue weighted by Gasteiger charge is -2.24. The number of rotatable bonds is 5. The van der Waals surface area contributed by atoms with Crippen molar-refractivity contribution >= 4 is 17.8 Å². The van der Waals surface area contributed by atoms with Gasteiger partial charge in [-0.1, -0.05) is 6.07 Å². The second-order valence-electron chi connectivity index (χ2n) is 7.80. The first-order valence-corrected chi connectivity index (χ1v) is 9.91. The van der Waals surface area contributed by atoms with E-state index in [0.717, 1.165) is 23.8 Å². The molecule has 2 aromatic rings. The number of hydrogen-bond donors (Lipinski definition) is 1. The Bertz CT molecular complexity index is 1110. The van der Waals surface area contributed by atoms with Gasteiger partial charge in [0.2, 0.25) is 5.91 Å². The third kappa shape index (κ3) is 3.83. The van der Waals surface area contributed by atoms with Crippen molar-refractivity contribution in [3.8, 4) is 11.5 Å². The quantitative estimate of drug-likeness (QED) is 0.713. The van der Waals surface area contributed by atoms with Crippen molar-refractivity contribution in [3.05, 3.63) is 59.2 Å². The molecule has 0 saturated carbocycles. The molecule has 0 aliphatic carbocycles. The Hall–Kier alpha value is -3.69. The molecular formula is C22H21F2N3O5. The lowest BCUT2D eigenvalue weighted by Crippen LogP contribution is -2.44. The predicted molar refractivity (Wildman–Crippen MR) is 108 cm³/mol. The van der Waals surface area contributed by atoms with Gasteiger partial charge in [-0.3, -0.25) is 14.5 Å². The minimum Gasteiger partial charge on any atom is -0.486 e. The summed E-state index contributed by atoms with van der Waals surface area (Å²) in [7, 11) is 1.53. The fraction of sp³-hybridized carbons (Fsp3) is 0.318. The van der Waals surface area contributed by atoms with Crippen molar-refractivity contribution in [2.45, 2.75) is 19.0 Å². The maximum Gasteiger partial charge on any atom is 0.325 e. The Morgan fingerprint density at radius 2 is 1.84 bits per heavy atom. The molecule has 0 aromatic heterocycles. The number of benzene rings is 2. The van der Waals surface area contributed by atoms with Crippen LogP contribution in [-0.4, -0.2) is 54.5 Å². The standard InChI is InChI=1S/C22H21F2N3O5/c1-22(15-10-14(23)4-5-16(15)24)20(29)27(21(30)25-22)12-19(28)26(2)11-13-3-6-17-18(9-13)32-8-7-31-17/h3-6,9-10H,7-8,11-12H2,1-2H3,(H,25,30). The Morgan fingerprint density at radius 1 is 1.12 bits per heavy atom. The van der Waals surface area contributed by atoms with Crippen LogP contribution in [0.4, 0.5) is 13.6 Å². The number of hydrogen-bond acceptors (Lipinski definition) is 5. The Kier molecular flexibility index (Phi) is 5.45. The zero-order valence-corrected chi connectivity index (χ0v) is 17.5. The molecule has 2 aliphatic heterocycles. The number of nitrogens with one attached hydrogen (secondary N) is 1. The van der Waals surface area contributed by atoms with Crippen LogP contribution in [0.3, 0.4) is 0 Å². The molecule has 0 bridgehead atoms. The fourth-order valence-corrected chi connectivity index (χ4v) is 3.71. The largest absolute Gasteiger partial charge is 0.486 e. The topological polar surface area (TPSA) is 88.2 Å². The van der Waals surface area contributed by atoms with Crippen LogP contribution in [0, 0.1) is 11.6 Å². The number of nitrogens with zero attached hydrogens (tertiary/aromatic N) is 2. The minimum absolute atomic E-state index is 0.203. The second-order valence-corrected chi connectivity index (χ2v) is 7.80. The zero-order chi connectivity index (χ0) is 23.0. The first-order valence-electron chi connectivity index (χ1n) is 9.91. The maximum atomic E-state index is 14.3. The smallest absolute Gasteiger partial charge is 0.325 e. The minimum atomic E-state index is -1.82. The van der Waals surface area contributed by atoms with Gasteiger partial charge in [0.1, 0.15) is 36.9 Å². The summed E-state index contributed by atoms with van der Waals surface area (Å²) in [4.78, 5) is 40.1. The maximum absolute atomic E-state index is 14.3. The van der Waals surface area contributed by atoms with E-state index >= 15 is 0 Å². The molecule has 0 spiro atoms. The van der Waals surface area contributed by atoms with E-state index in [1.165, 1.54) is 18.9 Å². The van der Waals surface area contributed by atoms with Crippen molar-refractivity contribution in [2.24, 2.45) is 0 Å². The van der Waals surface area contributed by atoms with E-state index in [2.05, 4.69) is 5.32 Å². The van der Waals surface area contributed by atoms with Crippen LogP contribution in [-0.2, 0) is 21.7 Å². The molecule has 1 N–H and O–H groups in total. The molecule has 2 aromatic carbocycles. The fourth-order valence-electron chi connectivity index (χ4n) is 3.71. The van der Waals surface area contributed by atoms with Crippen LogP contribution in [0.2, 0.25) is 0 Å². The summed E-state index contributed by atoms with van der Waals surface area (Å²) < 4.78 is 38.9. The molecule has 168 valence electrons. The summed E-state index contributed by atoms with van der Waals surface area (Å²) in [6, 6.07) is 7.08. The predicted octanol–water partition coefficient (Wildman–Crippen LogP) is 2.16. The summed E-state index contributed by atoms with van der Waals surface area (Å²) in [5.74, 6) is -1.74. The SMILES string of the molecule is CN(Cc1ccc2c(c1)OCCO2)C(=O)CN1C(=O)NC(C)(c2cc(F)ccc2F)C1=O. The second kappa shape index (κ2) is 8.10. The van der Waals surface area contributed by atoms with Gasteiger partial charge in [0, 0.05) is 19.2 Å². The summed E-state index contributed by atoms with van der Waals surface area (Å²) in [5, 5.41) is 2.37. The van der Waals surface area contributed by atoms with E-state index < -0.39 is 41.6 Å². The molecule has 2 heterocycles. The highest BCUT2D eigenvalue weighted by Crippen LogP contribution is 2.32. The molecule has 1 unspecified atom stereocenters. The first-order chi connectivity index (χ1) is 15.2. The number of carbonyl (C=O) groups is 3. The number of imide groups is 1. The van der Waals surface area contributed by atoms with Gasteiger partial charge in [0.15, 0.2) is 11.5 Å². The molecule has 1 fully saturated rings. The lowest BCUT2D eigenvalue weighted by atomic mass is 9.91. The number of carbonyl (C=O) groups excluding carboxylic acids is 3. The molecule has 4 amide bonds. The monoisotopic (exact) mass is 445 g/mol. The van der Waals surface area contributed by atoms with Crippen molar-refractivity contribution < 1.29 is 32.6 Å². The van der Waals surface area contributed by atoms with E-state index in [9.17, 15) is 23.2 Å². The summed E-state index contributed by atoms with van der Waals surface area (Å²) in [5.41, 5.74) is -1.36. The third-order valence-corrected chi connectivity index (χ3v) is 5.49. The van der Waals surface area contributed by atoms with Crippen LogP contribution >= 0.6 is 0 Å². The number of ether oxygens (including phenoxy) is 2. The lowest BCUT2D eigenvalue weighted by molar-refractivity contribution is -0.138. The zero-order valence-electron chi connectivity index (χ0n) is 17.5. The Balaban J connectivity index is 1.46. The highest BCUT2D eigenvalue weighted by atomic mass is 19.1. The summed E-state index contributed by atoms with van der Waals surface area (Å²) in [6.45, 7) is 1.83. The molecule has 10 heteroatoms. The van der Waals surface area contributed by atoms with Crippen LogP contribution in [0.1, 0.15) is 18.1 Å². The summed E-state index contributed by atoms with van der Waals surface area (Å²) >= 11 is 0. The van der Waals surface area contributed by atoms with Crippen LogP contribution in [0.25, 0.3) is 0 Å². The molecule has 1 saturated heterocycles. The van der Waals surface area contributed by atoms with Gasteiger partial charge in [-0.15, -0.1) is 0 Å². The number of urea groups is 1. The molecule has 8 nitrogen and oxygen atoms in total. The van der Waals surface area contributed by atoms with Gasteiger partial charge in [0.25, 0.3) is 5.91 Å². The van der Waals surface area contributed by atoms with E-state index in [1.54, 1.807) is 18.2 Å². The molecule has 1 atom stereocenters. The number of amides is 4. The van der Waals surface area contributed by atoms with Crippen LogP contribution in [0.5, 0.6) is 11.5 Å². The van der Waals surface area contributed by atoms with Gasteiger partial charge < -0.3 is 19.7 Å². The summed E-state index contributed by atoms with van der Waals surface area (Å²) in [6.07, 6.45) is 0. The average molecular weight is 445 g/mol. The molecule has 2 aliphatic rings. The van der Waals surface area contributed by atoms with Crippen LogP contribution in [0.15, 0.2) is 36.4 Å². The van der Waals surface area contributed by atoms with Crippen molar-refractivity contribution in [3.63, 3.8) is 0 Å². The Labute approximate surface area is 182 Å². The molecular weight excluding hydrogens is 424 g/mol. The molecule has 32 heavy (non-hydrogen) atoms. The average Bonchev–Trinajstić information content (AvgIpc) is 2.99. The van der Waals surface area contributed by atoms with Crippen molar-refractivity contribution in [1.82, 2.24) is 15.1 Å². The highest BCUT2D eigenvalue weighted by Gasteiger charge is 2.51. The number of likely N-dealkylation sites (N-methyl/N-ethyl adjacent to an activating group) is 1. The van der Waals surface area contributed by atoms with Gasteiger partial charge in [-0.25, -0.2) is 13.6 Å². The normalized spacial score (nSPS) is 19.7. The third-order valence-electron chi connectivity index (χ3n) is 5.49. The number of fused-ring (bicyclic) bond motifs is 1. The Morgan fingerprint density at radius 3 is 2.59 bits per heavy atom. The molecule has 4 rings (SSSR count). The first kappa shape index (κ1) is 21.5. The van der Waals surface area contributed by atoms with Gasteiger partial charge in [-0.05, 0) is 42.8 Å². The van der Waals surface area contributed by atoms with Crippen LogP contribution < -0.4 is 14.8 Å². The van der Waals surface area contributed by atoms with E-state index in [1.807, 2.05) is 0 Å². The van der Waals surface area contributed by atoms with Crippen molar-refractivity contribution in [1.29, 1.82) is 0 Å².